The van der Waals surface area contributed by atoms with E-state index >= 15 is 0 Å². The molecule has 1 aromatic heterocycles. The maximum atomic E-state index is 12.5. The third-order valence-corrected chi connectivity index (χ3v) is 5.81. The molecule has 0 atom stereocenters. The van der Waals surface area contributed by atoms with E-state index in [0.717, 1.165) is 11.9 Å². The van der Waals surface area contributed by atoms with Gasteiger partial charge in [-0.25, -0.2) is 4.98 Å². The highest BCUT2D eigenvalue weighted by molar-refractivity contribution is 6.36. The van der Waals surface area contributed by atoms with Crippen LogP contribution in [-0.4, -0.2) is 18.0 Å². The number of benzene rings is 3. The van der Waals surface area contributed by atoms with Gasteiger partial charge in [0.05, 0.1) is 22.7 Å². The summed E-state index contributed by atoms with van der Waals surface area (Å²) >= 11 is 18.6. The molecule has 0 radical (unpaired) electrons. The van der Waals surface area contributed by atoms with Crippen molar-refractivity contribution >= 4 is 63.6 Å². The van der Waals surface area contributed by atoms with E-state index in [4.69, 9.17) is 44.0 Å². The molecule has 0 saturated heterocycles. The van der Waals surface area contributed by atoms with E-state index in [0.29, 0.717) is 49.1 Å². The number of carbonyl (C=O) groups is 1. The van der Waals surface area contributed by atoms with E-state index in [1.807, 2.05) is 18.2 Å². The van der Waals surface area contributed by atoms with Gasteiger partial charge >= 0.3 is 0 Å². The summed E-state index contributed by atoms with van der Waals surface area (Å²) < 4.78 is 11.2. The molecule has 0 aliphatic rings. The predicted molar refractivity (Wildman–Crippen MR) is 135 cm³/mol. The van der Waals surface area contributed by atoms with Gasteiger partial charge in [0.1, 0.15) is 11.3 Å². The summed E-state index contributed by atoms with van der Waals surface area (Å²) in [4.78, 5) is 17.1. The molecular weight excluding hydrogens is 483 g/mol. The quantitative estimate of drug-likeness (QED) is 0.275. The van der Waals surface area contributed by atoms with Crippen LogP contribution < -0.4 is 10.1 Å². The number of anilines is 1. The second kappa shape index (κ2) is 9.87. The van der Waals surface area contributed by atoms with Gasteiger partial charge in [-0.2, -0.15) is 0 Å². The molecule has 1 heterocycles. The largest absolute Gasteiger partial charge is 0.495 e. The average molecular weight is 502 g/mol. The number of halogens is 3. The van der Waals surface area contributed by atoms with Crippen molar-refractivity contribution in [3.63, 3.8) is 0 Å². The number of aryl methyl sites for hydroxylation is 1. The summed E-state index contributed by atoms with van der Waals surface area (Å²) in [5.41, 5.74) is 4.29. The van der Waals surface area contributed by atoms with E-state index in [2.05, 4.69) is 17.2 Å². The summed E-state index contributed by atoms with van der Waals surface area (Å²) in [5, 5.41) is 4.07. The summed E-state index contributed by atoms with van der Waals surface area (Å²) in [6, 6.07) is 14.2. The number of methoxy groups -OCH3 is 1. The zero-order chi connectivity index (χ0) is 23.5. The van der Waals surface area contributed by atoms with E-state index in [9.17, 15) is 4.79 Å². The van der Waals surface area contributed by atoms with E-state index in [-0.39, 0.29) is 5.91 Å². The second-order valence-corrected chi connectivity index (χ2v) is 8.45. The first kappa shape index (κ1) is 23.2. The molecule has 5 nitrogen and oxygen atoms in total. The Kier molecular flexibility index (Phi) is 6.94. The Morgan fingerprint density at radius 3 is 2.67 bits per heavy atom. The van der Waals surface area contributed by atoms with E-state index in [1.54, 1.807) is 36.4 Å². The number of ether oxygens (including phenoxy) is 1. The van der Waals surface area contributed by atoms with Crippen molar-refractivity contribution in [3.05, 3.63) is 80.8 Å². The number of carbonyl (C=O) groups excluding carboxylic acids is 1. The minimum absolute atomic E-state index is 0.355. The number of oxazole rings is 1. The predicted octanol–water partition coefficient (Wildman–Crippen LogP) is 7.68. The number of nitrogens with zero attached hydrogens (tertiary/aromatic N) is 1. The smallest absolute Gasteiger partial charge is 0.248 e. The van der Waals surface area contributed by atoms with Gasteiger partial charge in [0.2, 0.25) is 11.8 Å². The lowest BCUT2D eigenvalue weighted by Gasteiger charge is -2.08. The monoisotopic (exact) mass is 500 g/mol. The Bertz CT molecular complexity index is 1380. The van der Waals surface area contributed by atoms with Gasteiger partial charge in [0, 0.05) is 22.3 Å². The number of nitrogens with one attached hydrogen (secondary N) is 1. The molecule has 1 N–H and O–H groups in total. The van der Waals surface area contributed by atoms with Gasteiger partial charge < -0.3 is 14.5 Å². The first-order valence-electron chi connectivity index (χ1n) is 10.1. The fraction of sp³-hybridized carbons (Fsp3) is 0.120. The summed E-state index contributed by atoms with van der Waals surface area (Å²) in [6.07, 6.45) is 3.85. The molecule has 0 fully saturated rings. The lowest BCUT2D eigenvalue weighted by molar-refractivity contribution is -0.111. The summed E-state index contributed by atoms with van der Waals surface area (Å²) in [7, 11) is 1.50. The molecule has 168 valence electrons. The van der Waals surface area contributed by atoms with Crippen LogP contribution in [0.4, 0.5) is 5.69 Å². The standard InChI is InChI=1S/C25H19Cl3N2O3/c1-3-14-4-8-22-21(10-14)30-25(33-22)18-13-17(6-7-19(18)27)29-23(31)9-5-15-11-16(26)12-20(28)24(15)32-2/h4-13H,3H2,1-2H3,(H,29,31). The summed E-state index contributed by atoms with van der Waals surface area (Å²) in [6.45, 7) is 2.08. The highest BCUT2D eigenvalue weighted by Gasteiger charge is 2.14. The van der Waals surface area contributed by atoms with Gasteiger partial charge in [-0.3, -0.25) is 4.79 Å². The van der Waals surface area contributed by atoms with Crippen molar-refractivity contribution in [2.45, 2.75) is 13.3 Å². The molecule has 4 aromatic rings. The first-order chi connectivity index (χ1) is 15.9. The summed E-state index contributed by atoms with van der Waals surface area (Å²) in [5.74, 6) is 0.459. The van der Waals surface area contributed by atoms with Gasteiger partial charge in [-0.1, -0.05) is 47.8 Å². The normalized spacial score (nSPS) is 11.3. The molecule has 0 saturated carbocycles. The van der Waals surface area contributed by atoms with Crippen molar-refractivity contribution in [3.8, 4) is 17.2 Å². The number of hydrogen-bond acceptors (Lipinski definition) is 4. The fourth-order valence-electron chi connectivity index (χ4n) is 3.34. The third-order valence-electron chi connectivity index (χ3n) is 4.98. The second-order valence-electron chi connectivity index (χ2n) is 7.20. The third kappa shape index (κ3) is 5.17. The van der Waals surface area contributed by atoms with Crippen molar-refractivity contribution < 1.29 is 13.9 Å². The molecule has 33 heavy (non-hydrogen) atoms. The molecule has 0 aliphatic heterocycles. The molecule has 0 bridgehead atoms. The Labute approximate surface area is 205 Å². The Hall–Kier alpha value is -2.99. The van der Waals surface area contributed by atoms with Crippen molar-refractivity contribution in [1.82, 2.24) is 4.98 Å². The molecule has 0 aliphatic carbocycles. The van der Waals surface area contributed by atoms with Gasteiger partial charge in [-0.15, -0.1) is 0 Å². The van der Waals surface area contributed by atoms with Crippen LogP contribution in [0.2, 0.25) is 15.1 Å². The molecule has 1 amide bonds. The van der Waals surface area contributed by atoms with Gasteiger partial charge in [-0.05, 0) is 60.5 Å². The number of hydrogen-bond donors (Lipinski definition) is 1. The van der Waals surface area contributed by atoms with Gasteiger partial charge in [0.25, 0.3) is 0 Å². The van der Waals surface area contributed by atoms with Crippen LogP contribution in [0.1, 0.15) is 18.1 Å². The topological polar surface area (TPSA) is 64.4 Å². The molecule has 0 unspecified atom stereocenters. The van der Waals surface area contributed by atoms with Crippen LogP contribution in [0.5, 0.6) is 5.75 Å². The number of fused-ring (bicyclic) bond motifs is 1. The lowest BCUT2D eigenvalue weighted by Crippen LogP contribution is -2.07. The molecular formula is C25H19Cl3N2O3. The first-order valence-corrected chi connectivity index (χ1v) is 11.2. The van der Waals surface area contributed by atoms with E-state index in [1.165, 1.54) is 18.7 Å². The van der Waals surface area contributed by atoms with Crippen LogP contribution in [0.25, 0.3) is 28.6 Å². The van der Waals surface area contributed by atoms with Crippen LogP contribution in [0.15, 0.2) is 59.0 Å². The van der Waals surface area contributed by atoms with Gasteiger partial charge in [0.15, 0.2) is 5.58 Å². The highest BCUT2D eigenvalue weighted by Crippen LogP contribution is 2.34. The Morgan fingerprint density at radius 1 is 1.09 bits per heavy atom. The number of aromatic nitrogens is 1. The Morgan fingerprint density at radius 2 is 1.91 bits per heavy atom. The zero-order valence-corrected chi connectivity index (χ0v) is 20.1. The zero-order valence-electron chi connectivity index (χ0n) is 17.8. The lowest BCUT2D eigenvalue weighted by atomic mass is 10.1. The van der Waals surface area contributed by atoms with Crippen LogP contribution >= 0.6 is 34.8 Å². The van der Waals surface area contributed by atoms with Crippen LogP contribution in [0.3, 0.4) is 0 Å². The highest BCUT2D eigenvalue weighted by atomic mass is 35.5. The molecule has 0 spiro atoms. The van der Waals surface area contributed by atoms with Crippen molar-refractivity contribution in [2.24, 2.45) is 0 Å². The van der Waals surface area contributed by atoms with Crippen molar-refractivity contribution in [1.29, 1.82) is 0 Å². The molecule has 3 aromatic carbocycles. The maximum Gasteiger partial charge on any atom is 0.248 e. The molecule has 8 heteroatoms. The molecule has 4 rings (SSSR count). The fourth-order valence-corrected chi connectivity index (χ4v) is 4.13. The van der Waals surface area contributed by atoms with E-state index < -0.39 is 0 Å². The minimum atomic E-state index is -0.355. The average Bonchev–Trinajstić information content (AvgIpc) is 3.21. The minimum Gasteiger partial charge on any atom is -0.495 e. The Balaban J connectivity index is 1.57. The van der Waals surface area contributed by atoms with Crippen LogP contribution in [-0.2, 0) is 11.2 Å². The SMILES string of the molecule is CCc1ccc2oc(-c3cc(NC(=O)C=Cc4cc(Cl)cc(Cl)c4OC)ccc3Cl)nc2c1. The number of amides is 1. The number of rotatable bonds is 6. The van der Waals surface area contributed by atoms with Crippen molar-refractivity contribution in [2.75, 3.05) is 12.4 Å². The maximum absolute atomic E-state index is 12.5. The van der Waals surface area contributed by atoms with Crippen LogP contribution in [0, 0.1) is 0 Å².